The second-order valence-corrected chi connectivity index (χ2v) is 7.26. The van der Waals surface area contributed by atoms with Gasteiger partial charge in [-0.3, -0.25) is 20.4 Å². The van der Waals surface area contributed by atoms with Gasteiger partial charge in [0, 0.05) is 12.0 Å². The lowest BCUT2D eigenvalue weighted by atomic mass is 10.1. The monoisotopic (exact) mass is 398 g/mol. The first-order valence-electron chi connectivity index (χ1n) is 9.63. The lowest BCUT2D eigenvalue weighted by Crippen LogP contribution is -2.47. The molecule has 0 bridgehead atoms. The highest BCUT2D eigenvalue weighted by Crippen LogP contribution is 2.29. The Labute approximate surface area is 170 Å². The summed E-state index contributed by atoms with van der Waals surface area (Å²) in [6.45, 7) is 4.81. The van der Waals surface area contributed by atoms with Crippen molar-refractivity contribution in [2.75, 3.05) is 13.7 Å². The van der Waals surface area contributed by atoms with Crippen LogP contribution >= 0.6 is 0 Å². The lowest BCUT2D eigenvalue weighted by Gasteiger charge is -2.14. The van der Waals surface area contributed by atoms with E-state index in [0.29, 0.717) is 41.8 Å². The van der Waals surface area contributed by atoms with Crippen molar-refractivity contribution in [2.24, 2.45) is 5.92 Å². The summed E-state index contributed by atoms with van der Waals surface area (Å²) < 4.78 is 16.7. The summed E-state index contributed by atoms with van der Waals surface area (Å²) >= 11 is 0. The van der Waals surface area contributed by atoms with E-state index in [1.165, 1.54) is 7.11 Å². The predicted molar refractivity (Wildman–Crippen MR) is 108 cm³/mol. The first-order chi connectivity index (χ1) is 14.0. The normalized spacial score (nSPS) is 14.7. The maximum absolute atomic E-state index is 12.4. The number of hydrazine groups is 1. The highest BCUT2D eigenvalue weighted by Gasteiger charge is 2.29. The van der Waals surface area contributed by atoms with E-state index in [9.17, 15) is 9.59 Å². The van der Waals surface area contributed by atoms with Crippen molar-refractivity contribution in [1.29, 1.82) is 0 Å². The van der Waals surface area contributed by atoms with Gasteiger partial charge >= 0.3 is 0 Å². The number of amides is 2. The minimum absolute atomic E-state index is 0.342. The fourth-order valence-corrected chi connectivity index (χ4v) is 2.93. The van der Waals surface area contributed by atoms with Gasteiger partial charge in [-0.25, -0.2) is 0 Å². The molecular formula is C22H26N2O5. The maximum atomic E-state index is 12.4. The molecule has 3 rings (SSSR count). The van der Waals surface area contributed by atoms with Gasteiger partial charge in [0.1, 0.15) is 5.75 Å². The summed E-state index contributed by atoms with van der Waals surface area (Å²) in [5.74, 6) is 1.40. The molecule has 0 saturated heterocycles. The zero-order valence-corrected chi connectivity index (χ0v) is 16.9. The van der Waals surface area contributed by atoms with Crippen LogP contribution in [0.3, 0.4) is 0 Å². The first kappa shape index (κ1) is 20.5. The smallest absolute Gasteiger partial charge is 0.279 e. The van der Waals surface area contributed by atoms with Gasteiger partial charge in [-0.1, -0.05) is 32.0 Å². The third-order valence-electron chi connectivity index (χ3n) is 4.62. The number of benzene rings is 2. The van der Waals surface area contributed by atoms with Crippen LogP contribution in [0.25, 0.3) is 0 Å². The van der Waals surface area contributed by atoms with Crippen molar-refractivity contribution in [3.63, 3.8) is 0 Å². The number of methoxy groups -OCH3 is 1. The minimum Gasteiger partial charge on any atom is -0.493 e. The highest BCUT2D eigenvalue weighted by atomic mass is 16.5. The number of hydrogen-bond donors (Lipinski definition) is 2. The summed E-state index contributed by atoms with van der Waals surface area (Å²) in [5, 5.41) is 0. The summed E-state index contributed by atoms with van der Waals surface area (Å²) in [6, 6.07) is 12.4. The fraction of sp³-hybridized carbons (Fsp3) is 0.364. The molecule has 0 radical (unpaired) electrons. The SMILES string of the molecule is COc1cc(C(=O)NNC(=O)C2Cc3ccccc3O2)ccc1OCCC(C)C. The van der Waals surface area contributed by atoms with Crippen LogP contribution in [0.15, 0.2) is 42.5 Å². The molecule has 7 nitrogen and oxygen atoms in total. The van der Waals surface area contributed by atoms with E-state index in [4.69, 9.17) is 14.2 Å². The molecule has 1 heterocycles. The molecule has 7 heteroatoms. The summed E-state index contributed by atoms with van der Waals surface area (Å²) in [6.07, 6.45) is 0.720. The highest BCUT2D eigenvalue weighted by molar-refractivity contribution is 5.96. The van der Waals surface area contributed by atoms with E-state index in [0.717, 1.165) is 12.0 Å². The Morgan fingerprint density at radius 2 is 1.93 bits per heavy atom. The Hall–Kier alpha value is -3.22. The van der Waals surface area contributed by atoms with E-state index < -0.39 is 17.9 Å². The molecule has 1 atom stereocenters. The molecule has 0 aromatic heterocycles. The Morgan fingerprint density at radius 3 is 2.66 bits per heavy atom. The fourth-order valence-electron chi connectivity index (χ4n) is 2.93. The summed E-state index contributed by atoms with van der Waals surface area (Å²) in [4.78, 5) is 24.7. The van der Waals surface area contributed by atoms with Crippen molar-refractivity contribution >= 4 is 11.8 Å². The number of fused-ring (bicyclic) bond motifs is 1. The van der Waals surface area contributed by atoms with Gasteiger partial charge in [0.15, 0.2) is 17.6 Å². The Balaban J connectivity index is 1.54. The number of para-hydroxylation sites is 1. The van der Waals surface area contributed by atoms with Crippen molar-refractivity contribution < 1.29 is 23.8 Å². The molecule has 2 amide bonds. The van der Waals surface area contributed by atoms with Gasteiger partial charge in [0.05, 0.1) is 13.7 Å². The average molecular weight is 398 g/mol. The van der Waals surface area contributed by atoms with Gasteiger partial charge in [0.2, 0.25) is 0 Å². The number of ether oxygens (including phenoxy) is 3. The largest absolute Gasteiger partial charge is 0.493 e. The summed E-state index contributed by atoms with van der Waals surface area (Å²) in [5.41, 5.74) is 6.15. The zero-order chi connectivity index (χ0) is 20.8. The quantitative estimate of drug-likeness (QED) is 0.701. The molecule has 0 spiro atoms. The van der Waals surface area contributed by atoms with Crippen molar-refractivity contribution in [2.45, 2.75) is 32.8 Å². The topological polar surface area (TPSA) is 85.9 Å². The molecule has 0 aliphatic carbocycles. The van der Waals surface area contributed by atoms with E-state index in [2.05, 4.69) is 24.7 Å². The van der Waals surface area contributed by atoms with Crippen molar-refractivity contribution in [3.8, 4) is 17.2 Å². The molecule has 0 fully saturated rings. The second-order valence-electron chi connectivity index (χ2n) is 7.26. The Kier molecular flexibility index (Phi) is 6.59. The van der Waals surface area contributed by atoms with Gasteiger partial charge in [0.25, 0.3) is 11.8 Å². The summed E-state index contributed by atoms with van der Waals surface area (Å²) in [7, 11) is 1.52. The Morgan fingerprint density at radius 1 is 1.14 bits per heavy atom. The van der Waals surface area contributed by atoms with Crippen LogP contribution in [0.5, 0.6) is 17.2 Å². The van der Waals surface area contributed by atoms with E-state index in [1.807, 2.05) is 24.3 Å². The predicted octanol–water partition coefficient (Wildman–Crippen LogP) is 2.88. The molecule has 1 unspecified atom stereocenters. The van der Waals surface area contributed by atoms with Crippen LogP contribution in [-0.4, -0.2) is 31.6 Å². The number of rotatable bonds is 7. The number of nitrogens with one attached hydrogen (secondary N) is 2. The van der Waals surface area contributed by atoms with Crippen LogP contribution in [0.2, 0.25) is 0 Å². The minimum atomic E-state index is -0.668. The third-order valence-corrected chi connectivity index (χ3v) is 4.62. The van der Waals surface area contributed by atoms with Gasteiger partial charge < -0.3 is 14.2 Å². The van der Waals surface area contributed by atoms with Crippen LogP contribution in [0.4, 0.5) is 0 Å². The van der Waals surface area contributed by atoms with E-state index in [-0.39, 0.29) is 0 Å². The zero-order valence-electron chi connectivity index (χ0n) is 16.9. The molecule has 1 aliphatic heterocycles. The molecule has 1 aliphatic rings. The van der Waals surface area contributed by atoms with Gasteiger partial charge in [-0.15, -0.1) is 0 Å². The van der Waals surface area contributed by atoms with Crippen LogP contribution < -0.4 is 25.1 Å². The van der Waals surface area contributed by atoms with Crippen LogP contribution in [0, 0.1) is 5.92 Å². The van der Waals surface area contributed by atoms with Crippen LogP contribution in [0.1, 0.15) is 36.2 Å². The molecule has 2 aromatic carbocycles. The van der Waals surface area contributed by atoms with Gasteiger partial charge in [-0.2, -0.15) is 0 Å². The molecule has 2 N–H and O–H groups in total. The average Bonchev–Trinajstić information content (AvgIpc) is 3.16. The second kappa shape index (κ2) is 9.32. The number of carbonyl (C=O) groups is 2. The maximum Gasteiger partial charge on any atom is 0.279 e. The first-order valence-corrected chi connectivity index (χ1v) is 9.63. The van der Waals surface area contributed by atoms with Crippen molar-refractivity contribution in [3.05, 3.63) is 53.6 Å². The molecule has 2 aromatic rings. The molecule has 0 saturated carbocycles. The van der Waals surface area contributed by atoms with Gasteiger partial charge in [-0.05, 0) is 42.2 Å². The van der Waals surface area contributed by atoms with Crippen LogP contribution in [-0.2, 0) is 11.2 Å². The van der Waals surface area contributed by atoms with E-state index >= 15 is 0 Å². The Bertz CT molecular complexity index is 856. The third kappa shape index (κ3) is 5.19. The molecular weight excluding hydrogens is 372 g/mol. The molecule has 154 valence electrons. The lowest BCUT2D eigenvalue weighted by molar-refractivity contribution is -0.128. The van der Waals surface area contributed by atoms with E-state index in [1.54, 1.807) is 18.2 Å². The molecule has 29 heavy (non-hydrogen) atoms. The standard InChI is InChI=1S/C22H26N2O5/c1-14(2)10-11-28-18-9-8-16(13-19(18)27-3)21(25)23-24-22(26)20-12-15-6-4-5-7-17(15)29-20/h4-9,13-14,20H,10-12H2,1-3H3,(H,23,25)(H,24,26). The number of hydrogen-bond acceptors (Lipinski definition) is 5. The van der Waals surface area contributed by atoms with Crippen molar-refractivity contribution in [1.82, 2.24) is 10.9 Å². The number of carbonyl (C=O) groups excluding carboxylic acids is 2.